The van der Waals surface area contributed by atoms with Crippen molar-refractivity contribution in [2.75, 3.05) is 26.1 Å². The smallest absolute Gasteiger partial charge is 0.257 e. The van der Waals surface area contributed by atoms with Gasteiger partial charge in [0.05, 0.1) is 31.0 Å². The molecule has 0 spiro atoms. The number of ether oxygens (including phenoxy) is 2. The molecular weight excluding hydrogens is 370 g/mol. The summed E-state index contributed by atoms with van der Waals surface area (Å²) in [5, 5.41) is 2.81. The van der Waals surface area contributed by atoms with Crippen LogP contribution in [0.25, 0.3) is 0 Å². The highest BCUT2D eigenvalue weighted by atomic mass is 16.5. The standard InChI is InChI=1S/C22H27N3O4/c1-4-17-7-5-6-10-25(17)22(27)16-11-15(13-23-14-16)21(26)24-19-9-8-18(28-2)12-20(19)29-3/h8-9,11-14,17H,4-7,10H2,1-3H3,(H,24,26). The van der Waals surface area contributed by atoms with E-state index in [1.165, 1.54) is 19.5 Å². The predicted octanol–water partition coefficient (Wildman–Crippen LogP) is 3.76. The number of carbonyl (C=O) groups is 2. The lowest BCUT2D eigenvalue weighted by atomic mass is 9.99. The van der Waals surface area contributed by atoms with E-state index >= 15 is 0 Å². The van der Waals surface area contributed by atoms with Crippen LogP contribution < -0.4 is 14.8 Å². The average Bonchev–Trinajstić information content (AvgIpc) is 2.78. The summed E-state index contributed by atoms with van der Waals surface area (Å²) >= 11 is 0. The fourth-order valence-electron chi connectivity index (χ4n) is 3.64. The molecule has 0 radical (unpaired) electrons. The van der Waals surface area contributed by atoms with Gasteiger partial charge in [-0.15, -0.1) is 0 Å². The van der Waals surface area contributed by atoms with Crippen LogP contribution in [0.15, 0.2) is 36.7 Å². The van der Waals surface area contributed by atoms with E-state index < -0.39 is 0 Å². The largest absolute Gasteiger partial charge is 0.497 e. The van der Waals surface area contributed by atoms with Crippen molar-refractivity contribution in [1.29, 1.82) is 0 Å². The summed E-state index contributed by atoms with van der Waals surface area (Å²) in [7, 11) is 3.08. The third kappa shape index (κ3) is 4.67. The Morgan fingerprint density at radius 3 is 2.66 bits per heavy atom. The topological polar surface area (TPSA) is 80.8 Å². The summed E-state index contributed by atoms with van der Waals surface area (Å²) < 4.78 is 10.5. The van der Waals surface area contributed by atoms with Gasteiger partial charge in [0.2, 0.25) is 0 Å². The quantitative estimate of drug-likeness (QED) is 0.803. The molecule has 1 unspecified atom stereocenters. The van der Waals surface area contributed by atoms with Crippen LogP contribution >= 0.6 is 0 Å². The van der Waals surface area contributed by atoms with Gasteiger partial charge in [0.1, 0.15) is 11.5 Å². The number of pyridine rings is 1. The van der Waals surface area contributed by atoms with Crippen LogP contribution in [-0.2, 0) is 0 Å². The minimum absolute atomic E-state index is 0.0688. The highest BCUT2D eigenvalue weighted by Crippen LogP contribution is 2.29. The van der Waals surface area contributed by atoms with Crippen LogP contribution in [0, 0.1) is 0 Å². The Bertz CT molecular complexity index is 884. The van der Waals surface area contributed by atoms with Crippen molar-refractivity contribution in [2.45, 2.75) is 38.6 Å². The third-order valence-corrected chi connectivity index (χ3v) is 5.26. The Morgan fingerprint density at radius 2 is 1.93 bits per heavy atom. The maximum absolute atomic E-state index is 13.0. The first kappa shape index (κ1) is 20.6. The first-order chi connectivity index (χ1) is 14.1. The molecule has 0 aliphatic carbocycles. The van der Waals surface area contributed by atoms with E-state index in [0.29, 0.717) is 28.3 Å². The van der Waals surface area contributed by atoms with Gasteiger partial charge in [-0.3, -0.25) is 14.6 Å². The zero-order chi connectivity index (χ0) is 20.8. The molecular formula is C22H27N3O4. The average molecular weight is 397 g/mol. The van der Waals surface area contributed by atoms with Crippen LogP contribution in [0.3, 0.4) is 0 Å². The molecule has 1 aliphatic rings. The minimum Gasteiger partial charge on any atom is -0.497 e. The summed E-state index contributed by atoms with van der Waals surface area (Å²) in [6, 6.07) is 6.98. The number of nitrogens with one attached hydrogen (secondary N) is 1. The molecule has 1 fully saturated rings. The van der Waals surface area contributed by atoms with E-state index in [-0.39, 0.29) is 17.9 Å². The monoisotopic (exact) mass is 397 g/mol. The number of aromatic nitrogens is 1. The van der Waals surface area contributed by atoms with Gasteiger partial charge in [-0.25, -0.2) is 0 Å². The number of benzene rings is 1. The molecule has 154 valence electrons. The molecule has 2 heterocycles. The molecule has 1 aliphatic heterocycles. The summed E-state index contributed by atoms with van der Waals surface area (Å²) in [6.45, 7) is 2.84. The maximum atomic E-state index is 13.0. The van der Waals surface area contributed by atoms with E-state index in [9.17, 15) is 9.59 Å². The first-order valence-electron chi connectivity index (χ1n) is 9.86. The second kappa shape index (κ2) is 9.41. The van der Waals surface area contributed by atoms with E-state index in [2.05, 4.69) is 17.2 Å². The fourth-order valence-corrected chi connectivity index (χ4v) is 3.64. The molecule has 1 saturated heterocycles. The Hall–Kier alpha value is -3.09. The predicted molar refractivity (Wildman–Crippen MR) is 111 cm³/mol. The molecule has 0 saturated carbocycles. The van der Waals surface area contributed by atoms with Gasteiger partial charge in [0.15, 0.2) is 0 Å². The van der Waals surface area contributed by atoms with Crippen molar-refractivity contribution in [3.8, 4) is 11.5 Å². The Labute approximate surface area is 171 Å². The van der Waals surface area contributed by atoms with E-state index in [1.54, 1.807) is 31.4 Å². The zero-order valence-electron chi connectivity index (χ0n) is 17.1. The Kier molecular flexibility index (Phi) is 6.69. The van der Waals surface area contributed by atoms with Crippen LogP contribution in [-0.4, -0.2) is 48.5 Å². The summed E-state index contributed by atoms with van der Waals surface area (Å²) in [5.41, 5.74) is 1.26. The molecule has 0 bridgehead atoms. The number of carbonyl (C=O) groups excluding carboxylic acids is 2. The summed E-state index contributed by atoms with van der Waals surface area (Å²) in [6.07, 6.45) is 7.08. The maximum Gasteiger partial charge on any atom is 0.257 e. The number of nitrogens with zero attached hydrogens (tertiary/aromatic N) is 2. The van der Waals surface area contributed by atoms with Gasteiger partial charge in [-0.05, 0) is 43.9 Å². The van der Waals surface area contributed by atoms with E-state index in [1.807, 2.05) is 4.90 Å². The number of amides is 2. The van der Waals surface area contributed by atoms with Crippen LogP contribution in [0.5, 0.6) is 11.5 Å². The molecule has 1 atom stereocenters. The van der Waals surface area contributed by atoms with Crippen LogP contribution in [0.4, 0.5) is 5.69 Å². The number of methoxy groups -OCH3 is 2. The highest BCUT2D eigenvalue weighted by Gasteiger charge is 2.26. The lowest BCUT2D eigenvalue weighted by molar-refractivity contribution is 0.0607. The minimum atomic E-state index is -0.360. The van der Waals surface area contributed by atoms with E-state index in [0.717, 1.165) is 32.2 Å². The van der Waals surface area contributed by atoms with Gasteiger partial charge >= 0.3 is 0 Å². The van der Waals surface area contributed by atoms with Gasteiger partial charge in [0.25, 0.3) is 11.8 Å². The van der Waals surface area contributed by atoms with Crippen LogP contribution in [0.1, 0.15) is 53.3 Å². The molecule has 29 heavy (non-hydrogen) atoms. The highest BCUT2D eigenvalue weighted by molar-refractivity contribution is 6.06. The number of hydrogen-bond donors (Lipinski definition) is 1. The normalized spacial score (nSPS) is 16.2. The van der Waals surface area contributed by atoms with Crippen molar-refractivity contribution >= 4 is 17.5 Å². The molecule has 1 aromatic heterocycles. The van der Waals surface area contributed by atoms with Crippen molar-refractivity contribution < 1.29 is 19.1 Å². The third-order valence-electron chi connectivity index (χ3n) is 5.26. The number of hydrogen-bond acceptors (Lipinski definition) is 5. The molecule has 7 nitrogen and oxygen atoms in total. The zero-order valence-corrected chi connectivity index (χ0v) is 17.1. The second-order valence-corrected chi connectivity index (χ2v) is 7.04. The number of likely N-dealkylation sites (tertiary alicyclic amines) is 1. The lowest BCUT2D eigenvalue weighted by Gasteiger charge is -2.35. The number of rotatable bonds is 6. The second-order valence-electron chi connectivity index (χ2n) is 7.04. The van der Waals surface area contributed by atoms with Gasteiger partial charge in [-0.1, -0.05) is 6.92 Å². The SMILES string of the molecule is CCC1CCCCN1C(=O)c1cncc(C(=O)Nc2ccc(OC)cc2OC)c1. The number of anilines is 1. The molecule has 3 rings (SSSR count). The summed E-state index contributed by atoms with van der Waals surface area (Å²) in [4.78, 5) is 31.8. The van der Waals surface area contributed by atoms with Gasteiger partial charge < -0.3 is 19.7 Å². The summed E-state index contributed by atoms with van der Waals surface area (Å²) in [5.74, 6) is 0.681. The van der Waals surface area contributed by atoms with Crippen molar-refractivity contribution in [1.82, 2.24) is 9.88 Å². The van der Waals surface area contributed by atoms with Gasteiger partial charge in [-0.2, -0.15) is 0 Å². The van der Waals surface area contributed by atoms with Crippen molar-refractivity contribution in [2.24, 2.45) is 0 Å². The molecule has 1 N–H and O–H groups in total. The molecule has 1 aromatic carbocycles. The van der Waals surface area contributed by atoms with Crippen molar-refractivity contribution in [3.05, 3.63) is 47.8 Å². The van der Waals surface area contributed by atoms with Crippen molar-refractivity contribution in [3.63, 3.8) is 0 Å². The number of piperidine rings is 1. The fraction of sp³-hybridized carbons (Fsp3) is 0.409. The molecule has 2 aromatic rings. The molecule has 2 amide bonds. The Morgan fingerprint density at radius 1 is 1.14 bits per heavy atom. The van der Waals surface area contributed by atoms with Crippen LogP contribution in [0.2, 0.25) is 0 Å². The molecule has 7 heteroatoms. The lowest BCUT2D eigenvalue weighted by Crippen LogP contribution is -2.43. The Balaban J connectivity index is 1.78. The first-order valence-corrected chi connectivity index (χ1v) is 9.86. The van der Waals surface area contributed by atoms with Gasteiger partial charge in [0, 0.05) is 31.0 Å². The van der Waals surface area contributed by atoms with E-state index in [4.69, 9.17) is 9.47 Å².